The van der Waals surface area contributed by atoms with Crippen molar-refractivity contribution in [2.24, 2.45) is 0 Å². The van der Waals surface area contributed by atoms with Gasteiger partial charge in [0.15, 0.2) is 0 Å². The minimum Gasteiger partial charge on any atom is -0.309 e. The van der Waals surface area contributed by atoms with Gasteiger partial charge < -0.3 is 5.32 Å². The number of nitrogens with one attached hydrogen (secondary N) is 1. The Morgan fingerprint density at radius 1 is 1.00 bits per heavy atom. The zero-order valence-corrected chi connectivity index (χ0v) is 13.8. The van der Waals surface area contributed by atoms with Gasteiger partial charge in [0.05, 0.1) is 6.04 Å². The van der Waals surface area contributed by atoms with Gasteiger partial charge >= 0.3 is 0 Å². The molecule has 0 saturated carbocycles. The first-order chi connectivity index (χ1) is 9.02. The average Bonchev–Trinajstić information content (AvgIpc) is 2.38. The summed E-state index contributed by atoms with van der Waals surface area (Å²) in [5, 5.41) is 3.19. The molecule has 1 atom stereocenters. The van der Waals surface area contributed by atoms with Crippen LogP contribution in [0.15, 0.2) is 45.3 Å². The lowest BCUT2D eigenvalue weighted by molar-refractivity contribution is 0.574. The van der Waals surface area contributed by atoms with Gasteiger partial charge in [-0.2, -0.15) is 0 Å². The average molecular weight is 387 g/mol. The van der Waals surface area contributed by atoms with E-state index in [1.165, 1.54) is 6.07 Å². The third-order valence-electron chi connectivity index (χ3n) is 3.11. The molecule has 0 fully saturated rings. The second-order valence-electron chi connectivity index (χ2n) is 4.39. The lowest BCUT2D eigenvalue weighted by Crippen LogP contribution is -2.20. The van der Waals surface area contributed by atoms with Crippen LogP contribution in [0.5, 0.6) is 0 Å². The molecule has 0 amide bonds. The van der Waals surface area contributed by atoms with E-state index in [9.17, 15) is 4.39 Å². The Labute approximate surface area is 129 Å². The first-order valence-corrected chi connectivity index (χ1v) is 7.50. The van der Waals surface area contributed by atoms with Gasteiger partial charge in [-0.15, -0.1) is 0 Å². The summed E-state index contributed by atoms with van der Waals surface area (Å²) >= 11 is 6.86. The molecule has 0 heterocycles. The monoisotopic (exact) mass is 385 g/mol. The number of benzene rings is 2. The van der Waals surface area contributed by atoms with Crippen molar-refractivity contribution >= 4 is 31.9 Å². The second-order valence-corrected chi connectivity index (χ2v) is 6.22. The molecule has 1 nitrogen and oxygen atoms in total. The Hall–Kier alpha value is -0.710. The molecular formula is C15H14Br2FN. The highest BCUT2D eigenvalue weighted by Gasteiger charge is 2.18. The van der Waals surface area contributed by atoms with E-state index in [0.29, 0.717) is 5.56 Å². The van der Waals surface area contributed by atoms with Gasteiger partial charge in [0.25, 0.3) is 0 Å². The van der Waals surface area contributed by atoms with Crippen molar-refractivity contribution in [2.45, 2.75) is 13.0 Å². The van der Waals surface area contributed by atoms with Gasteiger partial charge in [-0.05, 0) is 55.4 Å². The van der Waals surface area contributed by atoms with Gasteiger partial charge in [-0.25, -0.2) is 4.39 Å². The smallest absolute Gasteiger partial charge is 0.128 e. The third-order valence-corrected chi connectivity index (χ3v) is 4.10. The van der Waals surface area contributed by atoms with Gasteiger partial charge in [0.2, 0.25) is 0 Å². The molecule has 19 heavy (non-hydrogen) atoms. The molecule has 1 N–H and O–H groups in total. The summed E-state index contributed by atoms with van der Waals surface area (Å²) in [4.78, 5) is 0. The number of aryl methyl sites for hydroxylation is 1. The first-order valence-electron chi connectivity index (χ1n) is 5.91. The molecule has 0 saturated heterocycles. The quantitative estimate of drug-likeness (QED) is 0.785. The minimum absolute atomic E-state index is 0.171. The third kappa shape index (κ3) is 3.25. The van der Waals surface area contributed by atoms with Crippen LogP contribution >= 0.6 is 31.9 Å². The van der Waals surface area contributed by atoms with E-state index in [-0.39, 0.29) is 11.9 Å². The van der Waals surface area contributed by atoms with E-state index in [1.807, 2.05) is 38.2 Å². The van der Waals surface area contributed by atoms with Gasteiger partial charge in [-0.3, -0.25) is 0 Å². The molecule has 0 aliphatic carbocycles. The number of halogens is 3. The standard InChI is InChI=1S/C15H14Br2FN/c1-9-3-4-10(16)7-12(9)15(19-2)13-8-11(17)5-6-14(13)18/h3-8,15,19H,1-2H3. The van der Waals surface area contributed by atoms with Gasteiger partial charge in [-0.1, -0.05) is 37.9 Å². The topological polar surface area (TPSA) is 12.0 Å². The molecule has 0 radical (unpaired) electrons. The Bertz CT molecular complexity index is 547. The van der Waals surface area contributed by atoms with Crippen LogP contribution in [0.1, 0.15) is 22.7 Å². The zero-order chi connectivity index (χ0) is 14.0. The summed E-state index contributed by atoms with van der Waals surface area (Å²) in [7, 11) is 1.84. The zero-order valence-electron chi connectivity index (χ0n) is 10.7. The van der Waals surface area contributed by atoms with Crippen molar-refractivity contribution in [1.29, 1.82) is 0 Å². The van der Waals surface area contributed by atoms with Crippen molar-refractivity contribution in [3.8, 4) is 0 Å². The molecule has 0 bridgehead atoms. The van der Waals surface area contributed by atoms with Gasteiger partial charge in [0, 0.05) is 14.5 Å². The molecule has 1 unspecified atom stereocenters. The summed E-state index contributed by atoms with van der Waals surface area (Å²) in [6.07, 6.45) is 0. The summed E-state index contributed by atoms with van der Waals surface area (Å²) in [6.45, 7) is 2.03. The van der Waals surface area contributed by atoms with Crippen molar-refractivity contribution in [2.75, 3.05) is 7.05 Å². The number of rotatable bonds is 3. The van der Waals surface area contributed by atoms with Crippen LogP contribution in [0.2, 0.25) is 0 Å². The predicted molar refractivity (Wildman–Crippen MR) is 83.9 cm³/mol. The fourth-order valence-corrected chi connectivity index (χ4v) is 2.89. The maximum atomic E-state index is 14.1. The number of hydrogen-bond acceptors (Lipinski definition) is 1. The SMILES string of the molecule is CNC(c1cc(Br)ccc1C)c1cc(Br)ccc1F. The van der Waals surface area contributed by atoms with Crippen LogP contribution in [0.25, 0.3) is 0 Å². The molecule has 0 aromatic heterocycles. The maximum absolute atomic E-state index is 14.1. The Morgan fingerprint density at radius 3 is 2.21 bits per heavy atom. The molecule has 4 heteroatoms. The molecule has 0 aliphatic rings. The Morgan fingerprint density at radius 2 is 1.58 bits per heavy atom. The summed E-state index contributed by atoms with van der Waals surface area (Å²) in [5.41, 5.74) is 2.83. The van der Waals surface area contributed by atoms with Crippen LogP contribution < -0.4 is 5.32 Å². The van der Waals surface area contributed by atoms with Crippen molar-refractivity contribution in [3.05, 3.63) is 67.9 Å². The minimum atomic E-state index is -0.207. The molecular weight excluding hydrogens is 373 g/mol. The van der Waals surface area contributed by atoms with E-state index in [4.69, 9.17) is 0 Å². The highest BCUT2D eigenvalue weighted by Crippen LogP contribution is 2.30. The fraction of sp³-hybridized carbons (Fsp3) is 0.200. The molecule has 2 rings (SSSR count). The largest absolute Gasteiger partial charge is 0.309 e. The summed E-state index contributed by atoms with van der Waals surface area (Å²) < 4.78 is 15.9. The fourth-order valence-electron chi connectivity index (χ4n) is 2.14. The molecule has 100 valence electrons. The van der Waals surface area contributed by atoms with Crippen LogP contribution in [-0.4, -0.2) is 7.05 Å². The molecule has 0 aliphatic heterocycles. The number of hydrogen-bond donors (Lipinski definition) is 1. The van der Waals surface area contributed by atoms with Crippen LogP contribution in [-0.2, 0) is 0 Å². The summed E-state index contributed by atoms with van der Waals surface area (Å²) in [5.74, 6) is -0.207. The van der Waals surface area contributed by atoms with E-state index in [1.54, 1.807) is 6.07 Å². The van der Waals surface area contributed by atoms with E-state index >= 15 is 0 Å². The highest BCUT2D eigenvalue weighted by atomic mass is 79.9. The van der Waals surface area contributed by atoms with Crippen molar-refractivity contribution in [3.63, 3.8) is 0 Å². The normalized spacial score (nSPS) is 12.5. The van der Waals surface area contributed by atoms with Crippen LogP contribution in [0, 0.1) is 12.7 Å². The lowest BCUT2D eigenvalue weighted by atomic mass is 9.95. The Kier molecular flexibility index (Phi) is 4.76. The highest BCUT2D eigenvalue weighted by molar-refractivity contribution is 9.10. The van der Waals surface area contributed by atoms with Crippen LogP contribution in [0.4, 0.5) is 4.39 Å². The van der Waals surface area contributed by atoms with Crippen molar-refractivity contribution < 1.29 is 4.39 Å². The van der Waals surface area contributed by atoms with E-state index in [2.05, 4.69) is 37.2 Å². The molecule has 0 spiro atoms. The first kappa shape index (κ1) is 14.7. The van der Waals surface area contributed by atoms with Crippen LogP contribution in [0.3, 0.4) is 0 Å². The second kappa shape index (κ2) is 6.16. The molecule has 2 aromatic rings. The summed E-state index contributed by atoms with van der Waals surface area (Å²) in [6, 6.07) is 10.9. The van der Waals surface area contributed by atoms with Crippen molar-refractivity contribution in [1.82, 2.24) is 5.32 Å². The lowest BCUT2D eigenvalue weighted by Gasteiger charge is -2.20. The molecule has 2 aromatic carbocycles. The Balaban J connectivity index is 2.55. The predicted octanol–water partition coefficient (Wildman–Crippen LogP) is 4.97. The van der Waals surface area contributed by atoms with E-state index in [0.717, 1.165) is 20.1 Å². The van der Waals surface area contributed by atoms with Gasteiger partial charge in [0.1, 0.15) is 5.82 Å². The maximum Gasteiger partial charge on any atom is 0.128 e. The van der Waals surface area contributed by atoms with E-state index < -0.39 is 0 Å².